The summed E-state index contributed by atoms with van der Waals surface area (Å²) >= 11 is 6.22. The van der Waals surface area contributed by atoms with E-state index >= 15 is 0 Å². The maximum absolute atomic E-state index is 13.6. The van der Waals surface area contributed by atoms with Gasteiger partial charge in [0.25, 0.3) is 15.9 Å². The Morgan fingerprint density at radius 1 is 1.09 bits per heavy atom. The van der Waals surface area contributed by atoms with Gasteiger partial charge in [0.15, 0.2) is 0 Å². The number of hydrogen-bond acceptors (Lipinski definition) is 4. The normalized spacial score (nSPS) is 15.8. The fourth-order valence-electron chi connectivity index (χ4n) is 3.91. The molecule has 0 saturated carbocycles. The van der Waals surface area contributed by atoms with Gasteiger partial charge in [-0.05, 0) is 67.3 Å². The van der Waals surface area contributed by atoms with Crippen LogP contribution < -0.4 is 9.62 Å². The standard InChI is InChI=1S/C26H27ClN2O4S/c1-19-9-14-22(27)16-25(19)29(34(31,32)24-7-3-2-4-8-24)18-20-10-12-21(13-11-20)26(30)28-17-23-6-5-15-33-23/h2-4,7-14,16,23H,5-6,15,17-18H2,1H3,(H,28,30). The number of amides is 1. The quantitative estimate of drug-likeness (QED) is 0.476. The van der Waals surface area contributed by atoms with Gasteiger partial charge in [0.2, 0.25) is 0 Å². The number of hydrogen-bond donors (Lipinski definition) is 1. The molecule has 1 amide bonds. The Balaban J connectivity index is 1.58. The van der Waals surface area contributed by atoms with Gasteiger partial charge in [0.05, 0.1) is 23.2 Å². The third-order valence-corrected chi connectivity index (χ3v) is 7.84. The second-order valence-corrected chi connectivity index (χ2v) is 10.6. The number of carbonyl (C=O) groups is 1. The van der Waals surface area contributed by atoms with E-state index in [0.717, 1.165) is 30.6 Å². The summed E-state index contributed by atoms with van der Waals surface area (Å²) in [4.78, 5) is 12.7. The number of halogens is 1. The molecule has 3 aromatic carbocycles. The van der Waals surface area contributed by atoms with Crippen LogP contribution in [0.15, 0.2) is 77.7 Å². The molecule has 1 heterocycles. The summed E-state index contributed by atoms with van der Waals surface area (Å²) in [6.45, 7) is 3.17. The Morgan fingerprint density at radius 2 is 1.82 bits per heavy atom. The SMILES string of the molecule is Cc1ccc(Cl)cc1N(Cc1ccc(C(=O)NCC2CCCO2)cc1)S(=O)(=O)c1ccccc1. The molecule has 0 bridgehead atoms. The van der Waals surface area contributed by atoms with E-state index in [2.05, 4.69) is 5.32 Å². The van der Waals surface area contributed by atoms with E-state index in [1.165, 1.54) is 4.31 Å². The van der Waals surface area contributed by atoms with E-state index in [0.29, 0.717) is 22.8 Å². The Kier molecular flexibility index (Phi) is 7.56. The molecule has 1 saturated heterocycles. The molecule has 0 spiro atoms. The Hall–Kier alpha value is -2.87. The van der Waals surface area contributed by atoms with Gasteiger partial charge in [0.1, 0.15) is 0 Å². The van der Waals surface area contributed by atoms with E-state index in [1.807, 2.05) is 6.92 Å². The summed E-state index contributed by atoms with van der Waals surface area (Å²) < 4.78 is 34.1. The van der Waals surface area contributed by atoms with Crippen LogP contribution in [0, 0.1) is 6.92 Å². The van der Waals surface area contributed by atoms with E-state index in [9.17, 15) is 13.2 Å². The average Bonchev–Trinajstić information content (AvgIpc) is 3.37. The lowest BCUT2D eigenvalue weighted by Gasteiger charge is -2.26. The third-order valence-electron chi connectivity index (χ3n) is 5.83. The fraction of sp³-hybridized carbons (Fsp3) is 0.269. The van der Waals surface area contributed by atoms with Crippen molar-refractivity contribution in [3.8, 4) is 0 Å². The first-order chi connectivity index (χ1) is 16.3. The van der Waals surface area contributed by atoms with Crippen molar-refractivity contribution in [1.82, 2.24) is 5.32 Å². The minimum absolute atomic E-state index is 0.0703. The van der Waals surface area contributed by atoms with Crippen molar-refractivity contribution >= 4 is 33.2 Å². The second-order valence-electron chi connectivity index (χ2n) is 8.30. The highest BCUT2D eigenvalue weighted by Gasteiger charge is 2.26. The van der Waals surface area contributed by atoms with Gasteiger partial charge in [-0.15, -0.1) is 0 Å². The zero-order valence-corrected chi connectivity index (χ0v) is 20.5. The van der Waals surface area contributed by atoms with Gasteiger partial charge in [-0.3, -0.25) is 9.10 Å². The van der Waals surface area contributed by atoms with Crippen LogP contribution in [0.4, 0.5) is 5.69 Å². The summed E-state index contributed by atoms with van der Waals surface area (Å²) in [6, 6.07) is 20.5. The third kappa shape index (κ3) is 5.60. The van der Waals surface area contributed by atoms with Crippen molar-refractivity contribution in [3.05, 3.63) is 94.5 Å². The van der Waals surface area contributed by atoms with E-state index in [1.54, 1.807) is 72.8 Å². The first kappa shape index (κ1) is 24.3. The first-order valence-electron chi connectivity index (χ1n) is 11.2. The number of rotatable bonds is 8. The predicted molar refractivity (Wildman–Crippen MR) is 134 cm³/mol. The van der Waals surface area contributed by atoms with Crippen molar-refractivity contribution in [1.29, 1.82) is 0 Å². The number of benzene rings is 3. The molecule has 6 nitrogen and oxygen atoms in total. The zero-order chi connectivity index (χ0) is 24.1. The lowest BCUT2D eigenvalue weighted by atomic mass is 10.1. The molecule has 3 aromatic rings. The smallest absolute Gasteiger partial charge is 0.264 e. The maximum atomic E-state index is 13.6. The molecule has 8 heteroatoms. The first-order valence-corrected chi connectivity index (χ1v) is 13.0. The Morgan fingerprint density at radius 3 is 2.50 bits per heavy atom. The number of nitrogens with zero attached hydrogens (tertiary/aromatic N) is 1. The van der Waals surface area contributed by atoms with Gasteiger partial charge in [-0.1, -0.05) is 48.0 Å². The molecule has 0 radical (unpaired) electrons. The van der Waals surface area contributed by atoms with Gasteiger partial charge in [-0.25, -0.2) is 8.42 Å². The number of nitrogens with one attached hydrogen (secondary N) is 1. The number of anilines is 1. The van der Waals surface area contributed by atoms with Crippen molar-refractivity contribution in [2.75, 3.05) is 17.5 Å². The van der Waals surface area contributed by atoms with Gasteiger partial charge in [-0.2, -0.15) is 0 Å². The number of ether oxygens (including phenoxy) is 1. The van der Waals surface area contributed by atoms with Crippen molar-refractivity contribution in [2.45, 2.75) is 37.3 Å². The van der Waals surface area contributed by atoms with E-state index < -0.39 is 10.0 Å². The van der Waals surface area contributed by atoms with Gasteiger partial charge < -0.3 is 10.1 Å². The predicted octanol–water partition coefficient (Wildman–Crippen LogP) is 4.95. The van der Waals surface area contributed by atoms with Crippen LogP contribution in [-0.4, -0.2) is 33.6 Å². The number of carbonyl (C=O) groups excluding carboxylic acids is 1. The van der Waals surface area contributed by atoms with Crippen LogP contribution in [0.25, 0.3) is 0 Å². The molecular formula is C26H27ClN2O4S. The molecule has 1 N–H and O–H groups in total. The zero-order valence-electron chi connectivity index (χ0n) is 18.9. The van der Waals surface area contributed by atoms with E-state index in [-0.39, 0.29) is 23.5 Å². The lowest BCUT2D eigenvalue weighted by Crippen LogP contribution is -2.32. The molecule has 1 aliphatic heterocycles. The Labute approximate surface area is 205 Å². The molecule has 1 atom stereocenters. The summed E-state index contributed by atoms with van der Waals surface area (Å²) in [5, 5.41) is 3.35. The topological polar surface area (TPSA) is 75.7 Å². The van der Waals surface area contributed by atoms with Gasteiger partial charge in [0, 0.05) is 23.7 Å². The fourth-order valence-corrected chi connectivity index (χ4v) is 5.61. The van der Waals surface area contributed by atoms with Crippen molar-refractivity contribution < 1.29 is 17.9 Å². The van der Waals surface area contributed by atoms with Crippen LogP contribution in [0.3, 0.4) is 0 Å². The van der Waals surface area contributed by atoms with Crippen LogP contribution >= 0.6 is 11.6 Å². The molecule has 4 rings (SSSR count). The second kappa shape index (κ2) is 10.6. The van der Waals surface area contributed by atoms with Crippen molar-refractivity contribution in [2.24, 2.45) is 0 Å². The van der Waals surface area contributed by atoms with Gasteiger partial charge >= 0.3 is 0 Å². The largest absolute Gasteiger partial charge is 0.376 e. The average molecular weight is 499 g/mol. The van der Waals surface area contributed by atoms with Crippen LogP contribution in [0.2, 0.25) is 5.02 Å². The Bertz CT molecular complexity index is 1240. The van der Waals surface area contributed by atoms with Crippen molar-refractivity contribution in [3.63, 3.8) is 0 Å². The molecule has 1 aliphatic rings. The molecule has 0 aliphatic carbocycles. The highest BCUT2D eigenvalue weighted by Crippen LogP contribution is 2.31. The van der Waals surface area contributed by atoms with E-state index in [4.69, 9.17) is 16.3 Å². The molecule has 34 heavy (non-hydrogen) atoms. The molecule has 178 valence electrons. The highest BCUT2D eigenvalue weighted by molar-refractivity contribution is 7.92. The summed E-state index contributed by atoms with van der Waals surface area (Å²) in [5.74, 6) is -0.179. The maximum Gasteiger partial charge on any atom is 0.264 e. The monoisotopic (exact) mass is 498 g/mol. The number of aryl methyl sites for hydroxylation is 1. The highest BCUT2D eigenvalue weighted by atomic mass is 35.5. The van der Waals surface area contributed by atoms with Crippen LogP contribution in [-0.2, 0) is 21.3 Å². The number of sulfonamides is 1. The molecule has 0 aromatic heterocycles. The van der Waals surface area contributed by atoms with Crippen LogP contribution in [0.5, 0.6) is 0 Å². The molecular weight excluding hydrogens is 472 g/mol. The minimum Gasteiger partial charge on any atom is -0.376 e. The minimum atomic E-state index is -3.85. The van der Waals surface area contributed by atoms with Crippen LogP contribution in [0.1, 0.15) is 34.3 Å². The summed E-state index contributed by atoms with van der Waals surface area (Å²) in [7, 11) is -3.85. The summed E-state index contributed by atoms with van der Waals surface area (Å²) in [6.07, 6.45) is 2.04. The molecule has 1 unspecified atom stereocenters. The molecule has 1 fully saturated rings. The lowest BCUT2D eigenvalue weighted by molar-refractivity contribution is 0.0858. The summed E-state index contributed by atoms with van der Waals surface area (Å²) in [5.41, 5.74) is 2.55.